The zero-order valence-electron chi connectivity index (χ0n) is 17.4. The van der Waals surface area contributed by atoms with Crippen LogP contribution in [0.2, 0.25) is 0 Å². The predicted molar refractivity (Wildman–Crippen MR) is 120 cm³/mol. The van der Waals surface area contributed by atoms with Gasteiger partial charge in [-0.15, -0.1) is 5.10 Å². The highest BCUT2D eigenvalue weighted by Gasteiger charge is 2.30. The summed E-state index contributed by atoms with van der Waals surface area (Å²) in [5.41, 5.74) is 1.84. The Morgan fingerprint density at radius 3 is 2.70 bits per heavy atom. The summed E-state index contributed by atoms with van der Waals surface area (Å²) in [7, 11) is 3.22. The number of carbonyl (C=O) groups excluding carboxylic acids is 1. The Hall–Kier alpha value is -3.00. The van der Waals surface area contributed by atoms with E-state index < -0.39 is 0 Å². The zero-order chi connectivity index (χ0) is 21.5. The molecule has 1 aliphatic rings. The van der Waals surface area contributed by atoms with Crippen LogP contribution in [0.4, 0.5) is 0 Å². The molecule has 158 valence electrons. The Morgan fingerprint density at radius 2 is 1.97 bits per heavy atom. The molecule has 0 aliphatic carbocycles. The molecule has 0 aromatic heterocycles. The molecule has 0 radical (unpaired) electrons. The van der Waals surface area contributed by atoms with E-state index in [0.717, 1.165) is 16.9 Å². The number of amides is 1. The SMILES string of the molecule is COc1cccc(CC2S/C(=N/N=Cc3ccc(OC(C)C)c(OC)c3)NC2=O)c1. The molecule has 1 atom stereocenters. The van der Waals surface area contributed by atoms with Gasteiger partial charge in [-0.1, -0.05) is 23.9 Å². The van der Waals surface area contributed by atoms with Crippen molar-refractivity contribution in [3.8, 4) is 17.2 Å². The van der Waals surface area contributed by atoms with E-state index >= 15 is 0 Å². The van der Waals surface area contributed by atoms with E-state index in [-0.39, 0.29) is 17.3 Å². The van der Waals surface area contributed by atoms with Crippen LogP contribution in [0.25, 0.3) is 0 Å². The van der Waals surface area contributed by atoms with Crippen LogP contribution in [0.15, 0.2) is 52.7 Å². The third-order valence-electron chi connectivity index (χ3n) is 4.24. The summed E-state index contributed by atoms with van der Waals surface area (Å²) in [4.78, 5) is 12.3. The second kappa shape index (κ2) is 10.2. The first kappa shape index (κ1) is 21.7. The molecular formula is C22H25N3O4S. The lowest BCUT2D eigenvalue weighted by Gasteiger charge is -2.13. The minimum atomic E-state index is -0.251. The Balaban J connectivity index is 1.63. The number of methoxy groups -OCH3 is 2. The highest BCUT2D eigenvalue weighted by atomic mass is 32.2. The number of hydrogen-bond acceptors (Lipinski definition) is 7. The molecule has 1 unspecified atom stereocenters. The molecule has 1 saturated heterocycles. The van der Waals surface area contributed by atoms with Crippen molar-refractivity contribution in [3.05, 3.63) is 53.6 Å². The van der Waals surface area contributed by atoms with Gasteiger partial charge in [-0.05, 0) is 61.7 Å². The zero-order valence-corrected chi connectivity index (χ0v) is 18.2. The van der Waals surface area contributed by atoms with Gasteiger partial charge >= 0.3 is 0 Å². The summed E-state index contributed by atoms with van der Waals surface area (Å²) in [6.45, 7) is 3.92. The number of hydrogen-bond donors (Lipinski definition) is 1. The highest BCUT2D eigenvalue weighted by molar-refractivity contribution is 8.15. The van der Waals surface area contributed by atoms with E-state index in [9.17, 15) is 4.79 Å². The van der Waals surface area contributed by atoms with Crippen molar-refractivity contribution in [1.82, 2.24) is 5.32 Å². The molecule has 2 aromatic rings. The van der Waals surface area contributed by atoms with Crippen molar-refractivity contribution in [3.63, 3.8) is 0 Å². The lowest BCUT2D eigenvalue weighted by molar-refractivity contribution is -0.118. The Morgan fingerprint density at radius 1 is 1.13 bits per heavy atom. The van der Waals surface area contributed by atoms with Crippen molar-refractivity contribution in [2.45, 2.75) is 31.6 Å². The molecule has 0 bridgehead atoms. The number of carbonyl (C=O) groups is 1. The number of ether oxygens (including phenoxy) is 3. The fourth-order valence-corrected chi connectivity index (χ4v) is 3.83. The van der Waals surface area contributed by atoms with Crippen LogP contribution < -0.4 is 19.5 Å². The molecule has 0 saturated carbocycles. The van der Waals surface area contributed by atoms with Gasteiger partial charge in [0, 0.05) is 0 Å². The van der Waals surface area contributed by atoms with E-state index in [1.165, 1.54) is 11.8 Å². The minimum Gasteiger partial charge on any atom is -0.497 e. The molecule has 2 aromatic carbocycles. The smallest absolute Gasteiger partial charge is 0.239 e. The Labute approximate surface area is 180 Å². The normalized spacial score (nSPS) is 17.6. The number of benzene rings is 2. The van der Waals surface area contributed by atoms with Gasteiger partial charge in [-0.3, -0.25) is 4.79 Å². The van der Waals surface area contributed by atoms with Crippen LogP contribution in [-0.2, 0) is 11.2 Å². The summed E-state index contributed by atoms with van der Waals surface area (Å²) in [6, 6.07) is 13.2. The molecule has 3 rings (SSSR count). The molecule has 0 spiro atoms. The van der Waals surface area contributed by atoms with Gasteiger partial charge < -0.3 is 19.5 Å². The van der Waals surface area contributed by atoms with E-state index in [1.807, 2.05) is 56.3 Å². The number of nitrogens with zero attached hydrogens (tertiary/aromatic N) is 2. The van der Waals surface area contributed by atoms with E-state index in [2.05, 4.69) is 15.5 Å². The van der Waals surface area contributed by atoms with Crippen LogP contribution in [0.1, 0.15) is 25.0 Å². The molecule has 1 aliphatic heterocycles. The topological polar surface area (TPSA) is 81.5 Å². The van der Waals surface area contributed by atoms with Gasteiger partial charge in [0.15, 0.2) is 16.7 Å². The molecule has 1 fully saturated rings. The first-order valence-corrected chi connectivity index (χ1v) is 10.4. The van der Waals surface area contributed by atoms with Crippen LogP contribution in [0.3, 0.4) is 0 Å². The van der Waals surface area contributed by atoms with Gasteiger partial charge in [0.2, 0.25) is 5.91 Å². The van der Waals surface area contributed by atoms with E-state index in [4.69, 9.17) is 14.2 Å². The maximum atomic E-state index is 12.3. The van der Waals surface area contributed by atoms with Gasteiger partial charge in [0.25, 0.3) is 0 Å². The lowest BCUT2D eigenvalue weighted by atomic mass is 10.1. The Kier molecular flexibility index (Phi) is 7.35. The van der Waals surface area contributed by atoms with Crippen molar-refractivity contribution in [2.24, 2.45) is 10.2 Å². The first-order chi connectivity index (χ1) is 14.5. The molecule has 1 heterocycles. The third-order valence-corrected chi connectivity index (χ3v) is 5.31. The number of rotatable bonds is 8. The van der Waals surface area contributed by atoms with Crippen LogP contribution in [0.5, 0.6) is 17.2 Å². The average molecular weight is 428 g/mol. The number of thioether (sulfide) groups is 1. The van der Waals surface area contributed by atoms with Crippen molar-refractivity contribution >= 4 is 29.1 Å². The molecule has 1 N–H and O–H groups in total. The second-order valence-electron chi connectivity index (χ2n) is 6.88. The van der Waals surface area contributed by atoms with Crippen LogP contribution in [-0.4, -0.2) is 42.9 Å². The van der Waals surface area contributed by atoms with E-state index in [0.29, 0.717) is 23.1 Å². The molecule has 30 heavy (non-hydrogen) atoms. The number of amidine groups is 1. The molecule has 1 amide bonds. The lowest BCUT2D eigenvalue weighted by Crippen LogP contribution is -2.25. The van der Waals surface area contributed by atoms with Crippen molar-refractivity contribution in [2.75, 3.05) is 14.2 Å². The monoisotopic (exact) mass is 427 g/mol. The molecule has 8 heteroatoms. The summed E-state index contributed by atoms with van der Waals surface area (Å²) in [5, 5.41) is 11.3. The molecule has 7 nitrogen and oxygen atoms in total. The fraction of sp³-hybridized carbons (Fsp3) is 0.318. The van der Waals surface area contributed by atoms with Gasteiger partial charge in [-0.25, -0.2) is 0 Å². The quantitative estimate of drug-likeness (QED) is 0.514. The molecular weight excluding hydrogens is 402 g/mol. The summed E-state index contributed by atoms with van der Waals surface area (Å²) in [6.07, 6.45) is 2.25. The summed E-state index contributed by atoms with van der Waals surface area (Å²) in [5.74, 6) is 2.00. The maximum absolute atomic E-state index is 12.3. The predicted octanol–water partition coefficient (Wildman–Crippen LogP) is 3.66. The van der Waals surface area contributed by atoms with Crippen molar-refractivity contribution < 1.29 is 19.0 Å². The van der Waals surface area contributed by atoms with Gasteiger partial charge in [0.1, 0.15) is 5.75 Å². The minimum absolute atomic E-state index is 0.0535. The average Bonchev–Trinajstić information content (AvgIpc) is 3.07. The Bertz CT molecular complexity index is 959. The maximum Gasteiger partial charge on any atom is 0.239 e. The summed E-state index contributed by atoms with van der Waals surface area (Å²) >= 11 is 1.37. The van der Waals surface area contributed by atoms with Crippen LogP contribution >= 0.6 is 11.8 Å². The van der Waals surface area contributed by atoms with E-state index in [1.54, 1.807) is 20.4 Å². The fourth-order valence-electron chi connectivity index (χ4n) is 2.86. The first-order valence-electron chi connectivity index (χ1n) is 9.54. The summed E-state index contributed by atoms with van der Waals surface area (Å²) < 4.78 is 16.3. The highest BCUT2D eigenvalue weighted by Crippen LogP contribution is 2.28. The van der Waals surface area contributed by atoms with Gasteiger partial charge in [-0.2, -0.15) is 5.10 Å². The third kappa shape index (κ3) is 5.76. The van der Waals surface area contributed by atoms with Gasteiger partial charge in [0.05, 0.1) is 31.8 Å². The second-order valence-corrected chi connectivity index (χ2v) is 8.07. The number of nitrogens with one attached hydrogen (secondary N) is 1. The standard InChI is InChI=1S/C22H25N3O4S/c1-14(2)29-18-9-8-16(11-19(18)28-4)13-23-25-22-24-21(26)20(30-22)12-15-6-5-7-17(10-15)27-3/h5-11,13-14,20H,12H2,1-4H3,(H,24,25,26). The van der Waals surface area contributed by atoms with Crippen LogP contribution in [0, 0.1) is 0 Å². The largest absolute Gasteiger partial charge is 0.497 e. The van der Waals surface area contributed by atoms with Crippen molar-refractivity contribution in [1.29, 1.82) is 0 Å².